The van der Waals surface area contributed by atoms with Gasteiger partial charge in [-0.15, -0.1) is 0 Å². The Morgan fingerprint density at radius 1 is 1.05 bits per heavy atom. The second-order valence-electron chi connectivity index (χ2n) is 6.54. The predicted molar refractivity (Wildman–Crippen MR) is 84.6 cm³/mol. The summed E-state index contributed by atoms with van der Waals surface area (Å²) in [5.41, 5.74) is 1.62. The fourth-order valence-corrected chi connectivity index (χ4v) is 4.12. The van der Waals surface area contributed by atoms with Crippen molar-refractivity contribution in [3.05, 3.63) is 29.8 Å². The van der Waals surface area contributed by atoms with Crippen molar-refractivity contribution in [3.8, 4) is 5.75 Å². The first-order valence-corrected chi connectivity index (χ1v) is 8.32. The molecule has 3 nitrogen and oxygen atoms in total. The van der Waals surface area contributed by atoms with Gasteiger partial charge in [-0.25, -0.2) is 0 Å². The Hall–Kier alpha value is -1.06. The number of nitrogens with zero attached hydrogens (tertiary/aromatic N) is 1. The van der Waals surface area contributed by atoms with Gasteiger partial charge in [-0.2, -0.15) is 0 Å². The van der Waals surface area contributed by atoms with Gasteiger partial charge in [0.15, 0.2) is 0 Å². The van der Waals surface area contributed by atoms with Crippen LogP contribution in [0.15, 0.2) is 24.3 Å². The molecule has 1 saturated heterocycles. The molecule has 2 fully saturated rings. The van der Waals surface area contributed by atoms with Crippen LogP contribution in [0.4, 0.5) is 0 Å². The molecule has 1 heterocycles. The van der Waals surface area contributed by atoms with Crippen molar-refractivity contribution in [1.82, 2.24) is 4.90 Å². The molecule has 3 rings (SSSR count). The van der Waals surface area contributed by atoms with Gasteiger partial charge in [-0.3, -0.25) is 4.90 Å². The molecule has 1 aromatic carbocycles. The fourth-order valence-electron chi connectivity index (χ4n) is 4.12. The summed E-state index contributed by atoms with van der Waals surface area (Å²) >= 11 is 0. The minimum absolute atomic E-state index is 0.0993. The Kier molecular flexibility index (Phi) is 4.51. The van der Waals surface area contributed by atoms with Crippen LogP contribution in [0.3, 0.4) is 0 Å². The van der Waals surface area contributed by atoms with Gasteiger partial charge < -0.3 is 9.84 Å². The van der Waals surface area contributed by atoms with Crippen molar-refractivity contribution >= 4 is 0 Å². The predicted octanol–water partition coefficient (Wildman–Crippen LogP) is 3.31. The van der Waals surface area contributed by atoms with Crippen molar-refractivity contribution in [2.45, 2.75) is 56.6 Å². The molecule has 1 aliphatic heterocycles. The maximum atomic E-state index is 9.80. The Morgan fingerprint density at radius 3 is 2.24 bits per heavy atom. The van der Waals surface area contributed by atoms with Gasteiger partial charge in [-0.05, 0) is 43.4 Å². The van der Waals surface area contributed by atoms with Crippen LogP contribution < -0.4 is 4.74 Å². The Labute approximate surface area is 127 Å². The van der Waals surface area contributed by atoms with Crippen LogP contribution in [-0.4, -0.2) is 36.3 Å². The molecule has 0 bridgehead atoms. The van der Waals surface area contributed by atoms with E-state index in [1.54, 1.807) is 7.11 Å². The van der Waals surface area contributed by atoms with E-state index in [0.29, 0.717) is 0 Å². The molecule has 21 heavy (non-hydrogen) atoms. The van der Waals surface area contributed by atoms with E-state index >= 15 is 0 Å². The molecule has 0 unspecified atom stereocenters. The largest absolute Gasteiger partial charge is 0.497 e. The number of rotatable bonds is 3. The summed E-state index contributed by atoms with van der Waals surface area (Å²) in [5, 5.41) is 9.80. The molecule has 1 N–H and O–H groups in total. The summed E-state index contributed by atoms with van der Waals surface area (Å²) in [6.45, 7) is 2.04. The van der Waals surface area contributed by atoms with E-state index < -0.39 is 0 Å². The van der Waals surface area contributed by atoms with Gasteiger partial charge in [-0.1, -0.05) is 31.4 Å². The first-order valence-electron chi connectivity index (χ1n) is 8.32. The summed E-state index contributed by atoms with van der Waals surface area (Å²) in [6, 6.07) is 8.67. The van der Waals surface area contributed by atoms with Gasteiger partial charge in [0.05, 0.1) is 13.2 Å². The number of piperidine rings is 1. The molecule has 1 saturated carbocycles. The maximum absolute atomic E-state index is 9.80. The third-order valence-corrected chi connectivity index (χ3v) is 5.38. The third kappa shape index (κ3) is 2.95. The average Bonchev–Trinajstić information content (AvgIpc) is 2.56. The number of ether oxygens (including phenoxy) is 1. The maximum Gasteiger partial charge on any atom is 0.118 e. The molecule has 0 spiro atoms. The lowest BCUT2D eigenvalue weighted by Crippen LogP contribution is -2.51. The van der Waals surface area contributed by atoms with E-state index in [0.717, 1.165) is 31.7 Å². The fraction of sp³-hybridized carbons (Fsp3) is 0.667. The van der Waals surface area contributed by atoms with Gasteiger partial charge in [0.1, 0.15) is 5.75 Å². The van der Waals surface area contributed by atoms with Crippen LogP contribution in [-0.2, 0) is 5.54 Å². The topological polar surface area (TPSA) is 32.7 Å². The molecule has 0 radical (unpaired) electrons. The zero-order valence-corrected chi connectivity index (χ0v) is 13.1. The van der Waals surface area contributed by atoms with Crippen molar-refractivity contribution in [1.29, 1.82) is 0 Å². The summed E-state index contributed by atoms with van der Waals surface area (Å²) in [6.07, 6.45) is 8.20. The summed E-state index contributed by atoms with van der Waals surface area (Å²) in [5.74, 6) is 0.929. The first kappa shape index (κ1) is 14.9. The van der Waals surface area contributed by atoms with E-state index in [-0.39, 0.29) is 11.6 Å². The van der Waals surface area contributed by atoms with E-state index in [1.807, 2.05) is 0 Å². The number of hydrogen-bond acceptors (Lipinski definition) is 3. The summed E-state index contributed by atoms with van der Waals surface area (Å²) in [7, 11) is 1.72. The van der Waals surface area contributed by atoms with Gasteiger partial charge in [0.25, 0.3) is 0 Å². The Balaban J connectivity index is 1.88. The molecular formula is C18H27NO2. The molecule has 2 aliphatic rings. The van der Waals surface area contributed by atoms with E-state index in [4.69, 9.17) is 4.74 Å². The van der Waals surface area contributed by atoms with Crippen LogP contribution in [0.5, 0.6) is 5.75 Å². The van der Waals surface area contributed by atoms with Crippen molar-refractivity contribution in [3.63, 3.8) is 0 Å². The molecule has 0 atom stereocenters. The highest BCUT2D eigenvalue weighted by Gasteiger charge is 2.40. The van der Waals surface area contributed by atoms with Crippen LogP contribution >= 0.6 is 0 Å². The van der Waals surface area contributed by atoms with Crippen LogP contribution in [0, 0.1) is 0 Å². The van der Waals surface area contributed by atoms with E-state index in [1.165, 1.54) is 37.7 Å². The second-order valence-corrected chi connectivity index (χ2v) is 6.54. The molecule has 0 aromatic heterocycles. The minimum atomic E-state index is -0.0993. The number of methoxy groups -OCH3 is 1. The highest BCUT2D eigenvalue weighted by molar-refractivity contribution is 5.32. The third-order valence-electron chi connectivity index (χ3n) is 5.38. The van der Waals surface area contributed by atoms with Crippen molar-refractivity contribution < 1.29 is 9.84 Å². The molecule has 1 aromatic rings. The molecule has 116 valence electrons. The summed E-state index contributed by atoms with van der Waals surface area (Å²) in [4.78, 5) is 2.64. The normalized spacial score (nSPS) is 23.9. The zero-order valence-electron chi connectivity index (χ0n) is 13.1. The first-order chi connectivity index (χ1) is 10.2. The smallest absolute Gasteiger partial charge is 0.118 e. The van der Waals surface area contributed by atoms with Crippen molar-refractivity contribution in [2.75, 3.05) is 20.2 Å². The van der Waals surface area contributed by atoms with Gasteiger partial charge >= 0.3 is 0 Å². The number of likely N-dealkylation sites (tertiary alicyclic amines) is 1. The number of hydrogen-bond donors (Lipinski definition) is 1. The second kappa shape index (κ2) is 6.37. The quantitative estimate of drug-likeness (QED) is 0.926. The van der Waals surface area contributed by atoms with Crippen LogP contribution in [0.25, 0.3) is 0 Å². The monoisotopic (exact) mass is 289 g/mol. The minimum Gasteiger partial charge on any atom is -0.497 e. The SMILES string of the molecule is COc1ccc(C2(N3CCC(O)CC3)CCCCC2)cc1. The highest BCUT2D eigenvalue weighted by atomic mass is 16.5. The lowest BCUT2D eigenvalue weighted by atomic mass is 9.74. The van der Waals surface area contributed by atoms with Gasteiger partial charge in [0.2, 0.25) is 0 Å². The Morgan fingerprint density at radius 2 is 1.67 bits per heavy atom. The molecule has 3 heteroatoms. The lowest BCUT2D eigenvalue weighted by molar-refractivity contribution is -0.00778. The lowest BCUT2D eigenvalue weighted by Gasteiger charge is -2.49. The van der Waals surface area contributed by atoms with Crippen molar-refractivity contribution in [2.24, 2.45) is 0 Å². The highest BCUT2D eigenvalue weighted by Crippen LogP contribution is 2.43. The zero-order chi connectivity index (χ0) is 14.7. The number of aliphatic hydroxyl groups is 1. The summed E-state index contributed by atoms with van der Waals surface area (Å²) < 4.78 is 5.30. The van der Waals surface area contributed by atoms with Gasteiger partial charge in [0, 0.05) is 18.6 Å². The number of aliphatic hydroxyl groups excluding tert-OH is 1. The van der Waals surface area contributed by atoms with Crippen LogP contribution in [0.1, 0.15) is 50.5 Å². The van der Waals surface area contributed by atoms with E-state index in [2.05, 4.69) is 29.2 Å². The van der Waals surface area contributed by atoms with E-state index in [9.17, 15) is 5.11 Å². The average molecular weight is 289 g/mol. The number of benzene rings is 1. The molecule has 1 aliphatic carbocycles. The Bertz CT molecular complexity index is 443. The molecular weight excluding hydrogens is 262 g/mol. The standard InChI is InChI=1S/C18H27NO2/c1-21-17-7-5-15(6-8-17)18(11-3-2-4-12-18)19-13-9-16(20)10-14-19/h5-8,16,20H,2-4,9-14H2,1H3. The van der Waals surface area contributed by atoms with Crippen LogP contribution in [0.2, 0.25) is 0 Å². The molecule has 0 amide bonds.